The number of carbonyl (C=O) groups excluding carboxylic acids is 1. The Morgan fingerprint density at radius 3 is 2.79 bits per heavy atom. The fourth-order valence-corrected chi connectivity index (χ4v) is 2.42. The number of rotatable bonds is 4. The summed E-state index contributed by atoms with van der Waals surface area (Å²) in [7, 11) is 0. The maximum atomic E-state index is 11.3. The molecule has 0 saturated heterocycles. The Bertz CT molecular complexity index is 508. The Kier molecular flexibility index (Phi) is 4.30. The first-order valence-electron chi connectivity index (χ1n) is 6.88. The molecule has 0 saturated carbocycles. The van der Waals surface area contributed by atoms with Gasteiger partial charge in [0, 0.05) is 12.2 Å². The van der Waals surface area contributed by atoms with Crippen molar-refractivity contribution in [2.45, 2.75) is 52.5 Å². The fourth-order valence-electron chi connectivity index (χ4n) is 2.42. The van der Waals surface area contributed by atoms with E-state index in [1.807, 2.05) is 6.92 Å². The lowest BCUT2D eigenvalue weighted by Gasteiger charge is -2.21. The lowest BCUT2D eigenvalue weighted by Crippen LogP contribution is -2.21. The largest absolute Gasteiger partial charge is 0.348 e. The quantitative estimate of drug-likeness (QED) is 0.666. The Morgan fingerprint density at radius 1 is 1.42 bits per heavy atom. The molecule has 0 spiro atoms. The van der Waals surface area contributed by atoms with Gasteiger partial charge in [-0.2, -0.15) is 0 Å². The van der Waals surface area contributed by atoms with E-state index in [1.165, 1.54) is 31.8 Å². The van der Waals surface area contributed by atoms with Crippen LogP contribution in [0.2, 0.25) is 0 Å². The van der Waals surface area contributed by atoms with E-state index in [0.29, 0.717) is 11.5 Å². The van der Waals surface area contributed by atoms with Gasteiger partial charge in [0.25, 0.3) is 0 Å². The fraction of sp³-hybridized carbons (Fsp3) is 0.533. The van der Waals surface area contributed by atoms with Crippen molar-refractivity contribution >= 4 is 11.7 Å². The van der Waals surface area contributed by atoms with E-state index in [0.717, 1.165) is 12.1 Å². The monoisotopic (exact) mass is 259 g/mol. The van der Waals surface area contributed by atoms with Gasteiger partial charge in [0.05, 0.1) is 11.3 Å². The van der Waals surface area contributed by atoms with Crippen molar-refractivity contribution < 1.29 is 4.79 Å². The van der Waals surface area contributed by atoms with Crippen molar-refractivity contribution in [3.05, 3.63) is 29.1 Å². The van der Waals surface area contributed by atoms with E-state index in [4.69, 9.17) is 0 Å². The second-order valence-electron chi connectivity index (χ2n) is 5.14. The Morgan fingerprint density at radius 2 is 2.21 bits per heavy atom. The SMILES string of the molecule is CC(=O)c1cnc(N[C@H](C)C2=CCCCC2)nc1C. The normalized spacial score (nSPS) is 16.7. The summed E-state index contributed by atoms with van der Waals surface area (Å²) >= 11 is 0. The predicted molar refractivity (Wildman–Crippen MR) is 76.4 cm³/mol. The molecule has 4 heteroatoms. The van der Waals surface area contributed by atoms with Crippen LogP contribution >= 0.6 is 0 Å². The topological polar surface area (TPSA) is 54.9 Å². The van der Waals surface area contributed by atoms with Gasteiger partial charge in [-0.1, -0.05) is 11.6 Å². The molecule has 0 bridgehead atoms. The third-order valence-electron chi connectivity index (χ3n) is 3.59. The minimum atomic E-state index is 0.00656. The molecule has 0 amide bonds. The van der Waals surface area contributed by atoms with Crippen LogP contribution in [0.15, 0.2) is 17.8 Å². The highest BCUT2D eigenvalue weighted by Crippen LogP contribution is 2.21. The molecule has 0 aromatic carbocycles. The zero-order valence-corrected chi connectivity index (χ0v) is 11.9. The summed E-state index contributed by atoms with van der Waals surface area (Å²) in [6.07, 6.45) is 8.80. The standard InChI is InChI=1S/C15H21N3O/c1-10(13-7-5-4-6-8-13)17-15-16-9-14(12(3)19)11(2)18-15/h7,9-10H,4-6,8H2,1-3H3,(H,16,17,18)/t10-/m1/s1. The number of aryl methyl sites for hydroxylation is 1. The maximum Gasteiger partial charge on any atom is 0.223 e. The molecule has 0 fully saturated rings. The van der Waals surface area contributed by atoms with E-state index in [9.17, 15) is 4.79 Å². The minimum absolute atomic E-state index is 0.00656. The van der Waals surface area contributed by atoms with Gasteiger partial charge in [-0.15, -0.1) is 0 Å². The van der Waals surface area contributed by atoms with Crippen molar-refractivity contribution in [1.82, 2.24) is 9.97 Å². The van der Waals surface area contributed by atoms with Gasteiger partial charge >= 0.3 is 0 Å². The molecule has 1 N–H and O–H groups in total. The van der Waals surface area contributed by atoms with Gasteiger partial charge in [0.2, 0.25) is 5.95 Å². The molecule has 1 atom stereocenters. The Hall–Kier alpha value is -1.71. The van der Waals surface area contributed by atoms with Crippen LogP contribution in [0.4, 0.5) is 5.95 Å². The number of anilines is 1. The Labute approximate surface area is 114 Å². The van der Waals surface area contributed by atoms with Crippen molar-refractivity contribution in [3.8, 4) is 0 Å². The van der Waals surface area contributed by atoms with Crippen LogP contribution in [-0.2, 0) is 0 Å². The Balaban J connectivity index is 2.09. The van der Waals surface area contributed by atoms with Crippen LogP contribution in [-0.4, -0.2) is 21.8 Å². The van der Waals surface area contributed by atoms with E-state index in [-0.39, 0.29) is 11.8 Å². The van der Waals surface area contributed by atoms with E-state index >= 15 is 0 Å². The summed E-state index contributed by atoms with van der Waals surface area (Å²) < 4.78 is 0. The zero-order valence-electron chi connectivity index (χ0n) is 11.9. The van der Waals surface area contributed by atoms with Crippen LogP contribution in [0.3, 0.4) is 0 Å². The maximum absolute atomic E-state index is 11.3. The molecule has 1 aromatic rings. The summed E-state index contributed by atoms with van der Waals surface area (Å²) in [5, 5.41) is 3.32. The number of allylic oxidation sites excluding steroid dienone is 1. The van der Waals surface area contributed by atoms with Gasteiger partial charge in [-0.05, 0) is 46.5 Å². The molecule has 19 heavy (non-hydrogen) atoms. The van der Waals surface area contributed by atoms with Crippen LogP contribution < -0.4 is 5.32 Å². The number of nitrogens with one attached hydrogen (secondary N) is 1. The highest BCUT2D eigenvalue weighted by atomic mass is 16.1. The van der Waals surface area contributed by atoms with E-state index < -0.39 is 0 Å². The molecular formula is C15H21N3O. The number of aromatic nitrogens is 2. The molecule has 4 nitrogen and oxygen atoms in total. The second kappa shape index (κ2) is 5.95. The molecule has 102 valence electrons. The number of nitrogens with zero attached hydrogens (tertiary/aromatic N) is 2. The molecule has 0 aliphatic heterocycles. The highest BCUT2D eigenvalue weighted by molar-refractivity contribution is 5.94. The minimum Gasteiger partial charge on any atom is -0.348 e. The average Bonchev–Trinajstić information content (AvgIpc) is 2.39. The number of ketones is 1. The molecule has 1 aromatic heterocycles. The second-order valence-corrected chi connectivity index (χ2v) is 5.14. The lowest BCUT2D eigenvalue weighted by atomic mass is 9.95. The van der Waals surface area contributed by atoms with Gasteiger partial charge in [-0.3, -0.25) is 4.79 Å². The van der Waals surface area contributed by atoms with Gasteiger partial charge in [0.1, 0.15) is 0 Å². The van der Waals surface area contributed by atoms with E-state index in [2.05, 4.69) is 28.3 Å². The van der Waals surface area contributed by atoms with Crippen LogP contribution in [0.5, 0.6) is 0 Å². The van der Waals surface area contributed by atoms with Crippen LogP contribution in [0.25, 0.3) is 0 Å². The molecule has 0 radical (unpaired) electrons. The average molecular weight is 259 g/mol. The molecule has 1 aliphatic carbocycles. The first-order valence-corrected chi connectivity index (χ1v) is 6.88. The van der Waals surface area contributed by atoms with Crippen molar-refractivity contribution in [1.29, 1.82) is 0 Å². The molecule has 1 aliphatic rings. The van der Waals surface area contributed by atoms with Crippen LogP contribution in [0, 0.1) is 6.92 Å². The summed E-state index contributed by atoms with van der Waals surface area (Å²) in [4.78, 5) is 19.9. The molecular weight excluding hydrogens is 238 g/mol. The first-order chi connectivity index (χ1) is 9.08. The highest BCUT2D eigenvalue weighted by Gasteiger charge is 2.13. The third-order valence-corrected chi connectivity index (χ3v) is 3.59. The van der Waals surface area contributed by atoms with Crippen molar-refractivity contribution in [2.75, 3.05) is 5.32 Å². The number of Topliss-reactive ketones (excluding diaryl/α,β-unsaturated/α-hetero) is 1. The molecule has 2 rings (SSSR count). The summed E-state index contributed by atoms with van der Waals surface area (Å²) in [5.74, 6) is 0.605. The third kappa shape index (κ3) is 3.40. The number of hydrogen-bond acceptors (Lipinski definition) is 4. The number of hydrogen-bond donors (Lipinski definition) is 1. The zero-order chi connectivity index (χ0) is 13.8. The van der Waals surface area contributed by atoms with Crippen molar-refractivity contribution in [3.63, 3.8) is 0 Å². The van der Waals surface area contributed by atoms with Crippen molar-refractivity contribution in [2.24, 2.45) is 0 Å². The van der Waals surface area contributed by atoms with Crippen LogP contribution in [0.1, 0.15) is 55.6 Å². The smallest absolute Gasteiger partial charge is 0.223 e. The first kappa shape index (κ1) is 13.7. The predicted octanol–water partition coefficient (Wildman–Crippen LogP) is 3.29. The van der Waals surface area contributed by atoms with Gasteiger partial charge in [-0.25, -0.2) is 9.97 Å². The molecule has 0 unspecified atom stereocenters. The summed E-state index contributed by atoms with van der Waals surface area (Å²) in [6.45, 7) is 5.51. The summed E-state index contributed by atoms with van der Waals surface area (Å²) in [5.41, 5.74) is 2.76. The van der Waals surface area contributed by atoms with E-state index in [1.54, 1.807) is 6.20 Å². The van der Waals surface area contributed by atoms with Gasteiger partial charge in [0.15, 0.2) is 5.78 Å². The summed E-state index contributed by atoms with van der Waals surface area (Å²) in [6, 6.07) is 0.253. The van der Waals surface area contributed by atoms with Gasteiger partial charge < -0.3 is 5.32 Å². The number of carbonyl (C=O) groups is 1. The molecule has 1 heterocycles. The lowest BCUT2D eigenvalue weighted by molar-refractivity contribution is 0.101.